The third-order valence-corrected chi connectivity index (χ3v) is 3.85. The fraction of sp³-hybridized carbons (Fsp3) is 0.154. The van der Waals surface area contributed by atoms with Crippen molar-refractivity contribution in [3.63, 3.8) is 0 Å². The zero-order valence-corrected chi connectivity index (χ0v) is 11.7. The minimum absolute atomic E-state index is 0.376. The van der Waals surface area contributed by atoms with E-state index in [0.717, 1.165) is 16.8 Å². The highest BCUT2D eigenvalue weighted by molar-refractivity contribution is 6.48. The fourth-order valence-corrected chi connectivity index (χ4v) is 2.08. The minimum atomic E-state index is 0.376. The van der Waals surface area contributed by atoms with E-state index < -0.39 is 0 Å². The summed E-state index contributed by atoms with van der Waals surface area (Å²) in [6.45, 7) is 4.06. The molecule has 0 unspecified atom stereocenters. The van der Waals surface area contributed by atoms with Crippen LogP contribution in [0.1, 0.15) is 11.1 Å². The molecule has 0 aliphatic rings. The second kappa shape index (κ2) is 4.85. The van der Waals surface area contributed by atoms with Gasteiger partial charge in [0.2, 0.25) is 0 Å². The molecule has 17 heavy (non-hydrogen) atoms. The predicted octanol–water partition coefficient (Wildman–Crippen LogP) is 5.33. The Bertz CT molecular complexity index is 556. The maximum Gasteiger partial charge on any atom is 0.0778 e. The zero-order valence-electron chi connectivity index (χ0n) is 9.39. The maximum atomic E-state index is 6.00. The van der Waals surface area contributed by atoms with Gasteiger partial charge < -0.3 is 0 Å². The first-order valence-electron chi connectivity index (χ1n) is 5.07. The molecule has 0 saturated heterocycles. The summed E-state index contributed by atoms with van der Waals surface area (Å²) in [7, 11) is 0. The Morgan fingerprint density at radius 1 is 0.882 bits per heavy atom. The molecule has 4 heteroatoms. The Kier molecular flexibility index (Phi) is 3.62. The molecule has 0 aliphatic heterocycles. The van der Waals surface area contributed by atoms with E-state index in [9.17, 15) is 0 Å². The first kappa shape index (κ1) is 12.7. The molecule has 0 bridgehead atoms. The fourth-order valence-electron chi connectivity index (χ4n) is 1.49. The average molecular weight is 287 g/mol. The second-order valence-electron chi connectivity index (χ2n) is 3.91. The number of benzene rings is 1. The van der Waals surface area contributed by atoms with Gasteiger partial charge in [0.1, 0.15) is 0 Å². The van der Waals surface area contributed by atoms with Gasteiger partial charge in [0.25, 0.3) is 0 Å². The second-order valence-corrected chi connectivity index (χ2v) is 5.10. The molecule has 0 N–H and O–H groups in total. The van der Waals surface area contributed by atoms with Crippen molar-refractivity contribution in [2.75, 3.05) is 0 Å². The van der Waals surface area contributed by atoms with Crippen molar-refractivity contribution in [3.05, 3.63) is 50.6 Å². The molecule has 2 aromatic rings. The van der Waals surface area contributed by atoms with Crippen LogP contribution in [0.5, 0.6) is 0 Å². The lowest BCUT2D eigenvalue weighted by atomic mass is 10.1. The van der Waals surface area contributed by atoms with Gasteiger partial charge in [-0.05, 0) is 43.2 Å². The van der Waals surface area contributed by atoms with E-state index in [1.54, 1.807) is 12.1 Å². The standard InChI is InChI=1S/C13H10Cl3N/c1-7-3-12(17-6-8(7)2)9-4-10(14)13(16)11(15)5-9/h3-6H,1-2H3. The molecule has 1 aromatic heterocycles. The van der Waals surface area contributed by atoms with Crippen LogP contribution >= 0.6 is 34.8 Å². The van der Waals surface area contributed by atoms with Gasteiger partial charge in [-0.3, -0.25) is 4.98 Å². The van der Waals surface area contributed by atoms with Crippen LogP contribution in [0.25, 0.3) is 11.3 Å². The van der Waals surface area contributed by atoms with E-state index >= 15 is 0 Å². The van der Waals surface area contributed by atoms with Crippen LogP contribution in [0, 0.1) is 13.8 Å². The van der Waals surface area contributed by atoms with Gasteiger partial charge in [-0.15, -0.1) is 0 Å². The van der Waals surface area contributed by atoms with Crippen molar-refractivity contribution in [2.45, 2.75) is 13.8 Å². The smallest absolute Gasteiger partial charge is 0.0778 e. The number of nitrogens with zero attached hydrogens (tertiary/aromatic N) is 1. The molecular formula is C13H10Cl3N. The summed E-state index contributed by atoms with van der Waals surface area (Å²) in [5, 5.41) is 1.25. The van der Waals surface area contributed by atoms with Gasteiger partial charge in [-0.1, -0.05) is 34.8 Å². The minimum Gasteiger partial charge on any atom is -0.256 e. The monoisotopic (exact) mass is 285 g/mol. The van der Waals surface area contributed by atoms with Crippen LogP contribution in [-0.4, -0.2) is 4.98 Å². The molecule has 0 fully saturated rings. The summed E-state index contributed by atoms with van der Waals surface area (Å²) in [6.07, 6.45) is 1.83. The summed E-state index contributed by atoms with van der Waals surface area (Å²) in [5.74, 6) is 0. The van der Waals surface area contributed by atoms with Crippen LogP contribution in [0.15, 0.2) is 24.4 Å². The van der Waals surface area contributed by atoms with E-state index in [1.165, 1.54) is 5.56 Å². The molecule has 0 aliphatic carbocycles. The molecule has 0 atom stereocenters. The molecule has 0 amide bonds. The van der Waals surface area contributed by atoms with Crippen LogP contribution < -0.4 is 0 Å². The van der Waals surface area contributed by atoms with Crippen molar-refractivity contribution in [1.29, 1.82) is 0 Å². The number of aromatic nitrogens is 1. The summed E-state index contributed by atoms with van der Waals surface area (Å²) in [5.41, 5.74) is 4.04. The molecule has 2 rings (SSSR count). The SMILES string of the molecule is Cc1cnc(-c2cc(Cl)c(Cl)c(Cl)c2)cc1C. The average Bonchev–Trinajstić information content (AvgIpc) is 2.29. The topological polar surface area (TPSA) is 12.9 Å². The van der Waals surface area contributed by atoms with E-state index in [4.69, 9.17) is 34.8 Å². The van der Waals surface area contributed by atoms with Crippen molar-refractivity contribution in [2.24, 2.45) is 0 Å². The highest BCUT2D eigenvalue weighted by atomic mass is 35.5. The maximum absolute atomic E-state index is 6.00. The number of rotatable bonds is 1. The van der Waals surface area contributed by atoms with Crippen molar-refractivity contribution >= 4 is 34.8 Å². The lowest BCUT2D eigenvalue weighted by Gasteiger charge is -2.07. The van der Waals surface area contributed by atoms with Crippen LogP contribution in [0.2, 0.25) is 15.1 Å². The van der Waals surface area contributed by atoms with Gasteiger partial charge in [0.15, 0.2) is 0 Å². The molecular weight excluding hydrogens is 277 g/mol. The van der Waals surface area contributed by atoms with Gasteiger partial charge >= 0.3 is 0 Å². The molecule has 1 heterocycles. The Morgan fingerprint density at radius 3 is 2.00 bits per heavy atom. The number of hydrogen-bond donors (Lipinski definition) is 0. The summed E-state index contributed by atoms with van der Waals surface area (Å²) in [4.78, 5) is 4.36. The Hall–Kier alpha value is -0.760. The lowest BCUT2D eigenvalue weighted by Crippen LogP contribution is -1.89. The van der Waals surface area contributed by atoms with Crippen molar-refractivity contribution < 1.29 is 0 Å². The van der Waals surface area contributed by atoms with Gasteiger partial charge in [0.05, 0.1) is 20.8 Å². The van der Waals surface area contributed by atoms with Crippen molar-refractivity contribution in [1.82, 2.24) is 4.98 Å². The number of halogens is 3. The predicted molar refractivity (Wildman–Crippen MR) is 74.2 cm³/mol. The van der Waals surface area contributed by atoms with Crippen LogP contribution in [0.4, 0.5) is 0 Å². The van der Waals surface area contributed by atoms with Crippen LogP contribution in [0.3, 0.4) is 0 Å². The summed E-state index contributed by atoms with van der Waals surface area (Å²) >= 11 is 17.9. The third-order valence-electron chi connectivity index (χ3n) is 2.65. The first-order chi connectivity index (χ1) is 7.99. The molecule has 1 nitrogen and oxygen atoms in total. The van der Waals surface area contributed by atoms with Gasteiger partial charge in [-0.25, -0.2) is 0 Å². The largest absolute Gasteiger partial charge is 0.256 e. The lowest BCUT2D eigenvalue weighted by molar-refractivity contribution is 1.22. The highest BCUT2D eigenvalue weighted by Gasteiger charge is 2.08. The normalized spacial score (nSPS) is 10.6. The Balaban J connectivity index is 2.57. The quantitative estimate of drug-likeness (QED) is 0.646. The number of hydrogen-bond acceptors (Lipinski definition) is 1. The zero-order chi connectivity index (χ0) is 12.6. The molecule has 0 radical (unpaired) electrons. The summed E-state index contributed by atoms with van der Waals surface area (Å²) < 4.78 is 0. The van der Waals surface area contributed by atoms with E-state index in [1.807, 2.05) is 26.1 Å². The van der Waals surface area contributed by atoms with E-state index in [-0.39, 0.29) is 0 Å². The molecule has 1 aromatic carbocycles. The van der Waals surface area contributed by atoms with E-state index in [0.29, 0.717) is 15.1 Å². The Labute approximate surface area is 115 Å². The highest BCUT2D eigenvalue weighted by Crippen LogP contribution is 2.34. The van der Waals surface area contributed by atoms with Crippen molar-refractivity contribution in [3.8, 4) is 11.3 Å². The van der Waals surface area contributed by atoms with Crippen LogP contribution in [-0.2, 0) is 0 Å². The number of aryl methyl sites for hydroxylation is 2. The van der Waals surface area contributed by atoms with E-state index in [2.05, 4.69) is 4.98 Å². The number of pyridine rings is 1. The van der Waals surface area contributed by atoms with Gasteiger partial charge in [0, 0.05) is 11.8 Å². The molecule has 0 saturated carbocycles. The molecule has 0 spiro atoms. The first-order valence-corrected chi connectivity index (χ1v) is 6.20. The van der Waals surface area contributed by atoms with Gasteiger partial charge in [-0.2, -0.15) is 0 Å². The Morgan fingerprint density at radius 2 is 1.47 bits per heavy atom. The summed E-state index contributed by atoms with van der Waals surface area (Å²) in [6, 6.07) is 5.55. The molecule has 88 valence electrons. The third kappa shape index (κ3) is 2.57.